The van der Waals surface area contributed by atoms with Crippen LogP contribution in [0.5, 0.6) is 0 Å². The van der Waals surface area contributed by atoms with Crippen LogP contribution in [0.15, 0.2) is 0 Å². The molecule has 0 radical (unpaired) electrons. The molecular weight excluding hydrogens is 230 g/mol. The zero-order valence-corrected chi connectivity index (χ0v) is 10.7. The molecule has 0 amide bonds. The molecule has 0 spiro atoms. The molecule has 0 bridgehead atoms. The molecule has 1 aromatic rings. The molecule has 98 valence electrons. The summed E-state index contributed by atoms with van der Waals surface area (Å²) in [6, 6.07) is 0.560. The minimum atomic E-state index is 0.00176. The summed E-state index contributed by atoms with van der Waals surface area (Å²) in [4.78, 5) is 13.6. The van der Waals surface area contributed by atoms with E-state index < -0.39 is 0 Å². The van der Waals surface area contributed by atoms with Crippen molar-refractivity contribution in [1.82, 2.24) is 25.5 Å². The lowest BCUT2D eigenvalue weighted by atomic mass is 9.84. The third-order valence-electron chi connectivity index (χ3n) is 4.13. The zero-order chi connectivity index (χ0) is 12.5. The molecule has 3 rings (SSSR count). The Hall–Kier alpha value is -1.30. The molecular formula is C12H19N5O. The van der Waals surface area contributed by atoms with Gasteiger partial charge in [-0.25, -0.2) is 0 Å². The van der Waals surface area contributed by atoms with E-state index in [1.807, 2.05) is 0 Å². The van der Waals surface area contributed by atoms with Crippen LogP contribution in [0, 0.1) is 5.92 Å². The number of hydrogen-bond donors (Lipinski definition) is 1. The van der Waals surface area contributed by atoms with Crippen LogP contribution in [0.4, 0.5) is 0 Å². The Morgan fingerprint density at radius 3 is 3.00 bits per heavy atom. The van der Waals surface area contributed by atoms with E-state index in [4.69, 9.17) is 0 Å². The summed E-state index contributed by atoms with van der Waals surface area (Å²) >= 11 is 0. The smallest absolute Gasteiger partial charge is 0.182 e. The predicted molar refractivity (Wildman–Crippen MR) is 64.8 cm³/mol. The number of nitrogens with zero attached hydrogens (tertiary/aromatic N) is 4. The van der Waals surface area contributed by atoms with Crippen LogP contribution < -0.4 is 5.32 Å². The summed E-state index contributed by atoms with van der Waals surface area (Å²) in [6.07, 6.45) is 6.38. The summed E-state index contributed by atoms with van der Waals surface area (Å²) in [7, 11) is 1.71. The zero-order valence-electron chi connectivity index (χ0n) is 10.7. The van der Waals surface area contributed by atoms with Gasteiger partial charge in [0.25, 0.3) is 0 Å². The Kier molecular flexibility index (Phi) is 3.11. The van der Waals surface area contributed by atoms with Crippen LogP contribution in [-0.4, -0.2) is 38.1 Å². The molecule has 6 heteroatoms. The Morgan fingerprint density at radius 1 is 1.44 bits per heavy atom. The largest absolute Gasteiger partial charge is 0.304 e. The molecule has 1 saturated heterocycles. The highest BCUT2D eigenvalue weighted by atomic mass is 16.1. The quantitative estimate of drug-likeness (QED) is 0.831. The predicted octanol–water partition coefficient (Wildman–Crippen LogP) is 0.242. The van der Waals surface area contributed by atoms with Gasteiger partial charge in [-0.2, -0.15) is 4.80 Å². The lowest BCUT2D eigenvalue weighted by Crippen LogP contribution is -2.37. The van der Waals surface area contributed by atoms with Crippen molar-refractivity contribution < 1.29 is 4.79 Å². The monoisotopic (exact) mass is 249 g/mol. The van der Waals surface area contributed by atoms with E-state index in [-0.39, 0.29) is 11.8 Å². The standard InChI is InChI=1S/C12H19N5O/c1-17-15-12(14-16-17)7-11(18)10-6-8-4-2-3-5-9(8)13-10/h8-10,13H,2-7H2,1H3. The van der Waals surface area contributed by atoms with Gasteiger partial charge in [-0.05, 0) is 30.4 Å². The van der Waals surface area contributed by atoms with Gasteiger partial charge in [0.2, 0.25) is 0 Å². The van der Waals surface area contributed by atoms with E-state index in [0.717, 1.165) is 6.42 Å². The van der Waals surface area contributed by atoms with E-state index in [9.17, 15) is 4.79 Å². The maximum Gasteiger partial charge on any atom is 0.182 e. The Bertz CT molecular complexity index is 429. The van der Waals surface area contributed by atoms with Crippen molar-refractivity contribution in [1.29, 1.82) is 0 Å². The van der Waals surface area contributed by atoms with Crippen molar-refractivity contribution in [3.05, 3.63) is 5.82 Å². The molecule has 2 aliphatic rings. The lowest BCUT2D eigenvalue weighted by molar-refractivity contribution is -0.120. The number of rotatable bonds is 3. The molecule has 1 aliphatic heterocycles. The van der Waals surface area contributed by atoms with Crippen LogP contribution in [0.1, 0.15) is 37.9 Å². The van der Waals surface area contributed by atoms with E-state index >= 15 is 0 Å². The topological polar surface area (TPSA) is 72.7 Å². The average molecular weight is 249 g/mol. The SMILES string of the molecule is Cn1nnc(CC(=O)C2CC3CCCCC3N2)n1. The van der Waals surface area contributed by atoms with Crippen LogP contribution in [0.2, 0.25) is 0 Å². The van der Waals surface area contributed by atoms with E-state index in [2.05, 4.69) is 20.7 Å². The molecule has 1 aliphatic carbocycles. The summed E-state index contributed by atoms with van der Waals surface area (Å²) in [6.45, 7) is 0. The third-order valence-corrected chi connectivity index (χ3v) is 4.13. The number of fused-ring (bicyclic) bond motifs is 1. The number of aryl methyl sites for hydroxylation is 1. The number of carbonyl (C=O) groups is 1. The summed E-state index contributed by atoms with van der Waals surface area (Å²) in [5.41, 5.74) is 0. The van der Waals surface area contributed by atoms with Crippen molar-refractivity contribution in [2.75, 3.05) is 0 Å². The first-order chi connectivity index (χ1) is 8.72. The highest BCUT2D eigenvalue weighted by Gasteiger charge is 2.38. The van der Waals surface area contributed by atoms with Crippen molar-refractivity contribution >= 4 is 5.78 Å². The van der Waals surface area contributed by atoms with Gasteiger partial charge in [-0.15, -0.1) is 10.2 Å². The number of aromatic nitrogens is 4. The minimum Gasteiger partial charge on any atom is -0.304 e. The Labute approximate surface area is 106 Å². The fraction of sp³-hybridized carbons (Fsp3) is 0.833. The summed E-state index contributed by atoms with van der Waals surface area (Å²) in [5.74, 6) is 1.43. The molecule has 1 N–H and O–H groups in total. The van der Waals surface area contributed by atoms with E-state index in [1.54, 1.807) is 7.05 Å². The highest BCUT2D eigenvalue weighted by molar-refractivity contribution is 5.85. The Balaban J connectivity index is 1.60. The molecule has 3 atom stereocenters. The number of Topliss-reactive ketones (excluding diaryl/α,β-unsaturated/α-hetero) is 1. The molecule has 1 aromatic heterocycles. The second kappa shape index (κ2) is 4.76. The van der Waals surface area contributed by atoms with Gasteiger partial charge < -0.3 is 5.32 Å². The molecule has 3 unspecified atom stereocenters. The van der Waals surface area contributed by atoms with Crippen molar-refractivity contribution in [3.63, 3.8) is 0 Å². The van der Waals surface area contributed by atoms with Gasteiger partial charge in [-0.1, -0.05) is 12.8 Å². The summed E-state index contributed by atoms with van der Waals surface area (Å²) < 4.78 is 0. The first kappa shape index (κ1) is 11.8. The third kappa shape index (κ3) is 2.29. The van der Waals surface area contributed by atoms with Gasteiger partial charge in [0.15, 0.2) is 11.6 Å². The lowest BCUT2D eigenvalue weighted by Gasteiger charge is -2.24. The second-order valence-corrected chi connectivity index (χ2v) is 5.44. The van der Waals surface area contributed by atoms with Gasteiger partial charge in [0, 0.05) is 6.04 Å². The van der Waals surface area contributed by atoms with Crippen LogP contribution >= 0.6 is 0 Å². The van der Waals surface area contributed by atoms with Gasteiger partial charge in [0.05, 0.1) is 19.5 Å². The van der Waals surface area contributed by atoms with Crippen LogP contribution in [0.25, 0.3) is 0 Å². The number of hydrogen-bond acceptors (Lipinski definition) is 5. The van der Waals surface area contributed by atoms with Gasteiger partial charge >= 0.3 is 0 Å². The minimum absolute atomic E-state index is 0.00176. The highest BCUT2D eigenvalue weighted by Crippen LogP contribution is 2.33. The maximum absolute atomic E-state index is 12.2. The fourth-order valence-corrected chi connectivity index (χ4v) is 3.24. The second-order valence-electron chi connectivity index (χ2n) is 5.44. The Morgan fingerprint density at radius 2 is 2.28 bits per heavy atom. The number of carbonyl (C=O) groups excluding carboxylic acids is 1. The van der Waals surface area contributed by atoms with Gasteiger partial charge in [-0.3, -0.25) is 4.79 Å². The van der Waals surface area contributed by atoms with Crippen molar-refractivity contribution in [2.45, 2.75) is 50.6 Å². The van der Waals surface area contributed by atoms with Crippen molar-refractivity contribution in [3.8, 4) is 0 Å². The molecule has 0 aromatic carbocycles. The van der Waals surface area contributed by atoms with Crippen LogP contribution in [-0.2, 0) is 18.3 Å². The molecule has 1 saturated carbocycles. The number of tetrazole rings is 1. The van der Waals surface area contributed by atoms with E-state index in [0.29, 0.717) is 24.2 Å². The first-order valence-corrected chi connectivity index (χ1v) is 6.74. The maximum atomic E-state index is 12.2. The van der Waals surface area contributed by atoms with Crippen molar-refractivity contribution in [2.24, 2.45) is 13.0 Å². The normalized spacial score (nSPS) is 31.3. The first-order valence-electron chi connectivity index (χ1n) is 6.74. The molecule has 2 heterocycles. The average Bonchev–Trinajstić information content (AvgIpc) is 2.95. The number of ketones is 1. The molecule has 18 heavy (non-hydrogen) atoms. The molecule has 2 fully saturated rings. The van der Waals surface area contributed by atoms with E-state index in [1.165, 1.54) is 30.5 Å². The number of nitrogens with one attached hydrogen (secondary N) is 1. The molecule has 6 nitrogen and oxygen atoms in total. The van der Waals surface area contributed by atoms with Gasteiger partial charge in [0.1, 0.15) is 0 Å². The summed E-state index contributed by atoms with van der Waals surface area (Å²) in [5, 5.41) is 15.2. The van der Waals surface area contributed by atoms with Crippen LogP contribution in [0.3, 0.4) is 0 Å². The fourth-order valence-electron chi connectivity index (χ4n) is 3.24.